The highest BCUT2D eigenvalue weighted by atomic mass is 32.1. The fourth-order valence-electron chi connectivity index (χ4n) is 9.39. The smallest absolute Gasteiger partial charge is 0.235 e. The Kier molecular flexibility index (Phi) is 6.29. The van der Waals surface area contributed by atoms with E-state index in [-0.39, 0.29) is 0 Å². The second kappa shape index (κ2) is 11.6. The topological polar surface area (TPSA) is 35.6 Å². The van der Waals surface area contributed by atoms with E-state index in [2.05, 4.69) is 191 Å². The number of aromatic nitrogens is 4. The summed E-state index contributed by atoms with van der Waals surface area (Å²) in [6.07, 6.45) is 0. The Morgan fingerprint density at radius 3 is 1.81 bits per heavy atom. The summed E-state index contributed by atoms with van der Waals surface area (Å²) in [5.74, 6) is 0.663. The summed E-state index contributed by atoms with van der Waals surface area (Å²) in [6.45, 7) is 0. The Morgan fingerprint density at radius 2 is 0.965 bits per heavy atom. The molecule has 0 amide bonds. The van der Waals surface area contributed by atoms with Crippen molar-refractivity contribution in [2.45, 2.75) is 0 Å². The molecule has 0 aliphatic rings. The summed E-state index contributed by atoms with van der Waals surface area (Å²) in [6, 6.07) is 66.0. The van der Waals surface area contributed by atoms with E-state index >= 15 is 0 Å². The number of hydrogen-bond donors (Lipinski definition) is 0. The molecule has 0 aliphatic carbocycles. The summed E-state index contributed by atoms with van der Waals surface area (Å²) in [4.78, 5) is 10.9. The van der Waals surface area contributed by atoms with Crippen molar-refractivity contribution in [1.82, 2.24) is 19.1 Å². The molecule has 13 aromatic rings. The van der Waals surface area contributed by atoms with Crippen LogP contribution >= 0.6 is 11.3 Å². The molecule has 0 N–H and O–H groups in total. The van der Waals surface area contributed by atoms with Gasteiger partial charge in [-0.1, -0.05) is 121 Å². The largest absolute Gasteiger partial charge is 0.309 e. The van der Waals surface area contributed by atoms with Crippen LogP contribution in [0.25, 0.3) is 119 Å². The first-order valence-corrected chi connectivity index (χ1v) is 20.1. The van der Waals surface area contributed by atoms with Crippen molar-refractivity contribution < 1.29 is 0 Å². The van der Waals surface area contributed by atoms with Gasteiger partial charge in [-0.2, -0.15) is 0 Å². The fourth-order valence-corrected chi connectivity index (χ4v) is 10.5. The van der Waals surface area contributed by atoms with Crippen molar-refractivity contribution >= 4 is 108 Å². The van der Waals surface area contributed by atoms with Crippen LogP contribution in [-0.4, -0.2) is 19.1 Å². The lowest BCUT2D eigenvalue weighted by Crippen LogP contribution is -2.03. The molecule has 13 rings (SSSR count). The van der Waals surface area contributed by atoms with Gasteiger partial charge in [0.05, 0.1) is 39.0 Å². The number of benzene rings is 9. The molecule has 0 unspecified atom stereocenters. The molecule has 0 saturated heterocycles. The number of hydrogen-bond acceptors (Lipinski definition) is 3. The Hall–Kier alpha value is -7.34. The normalized spacial score (nSPS) is 12.2. The van der Waals surface area contributed by atoms with Gasteiger partial charge in [-0.25, -0.2) is 9.97 Å². The standard InChI is InChI=1S/C52H30N4S/c1-2-14-32-28-46-40(27-31(32)13-1)34-16-4-8-22-43(34)55(46)45-24-11-15-33-29-47-41(30-39(33)45)35-17-5-9-23-44(35)56(47)52-53-42-21-7-3-18-36(42)51(54-52)38-20-12-26-49-50(38)37-19-6-10-25-48(37)57-49/h1-30H. The van der Waals surface area contributed by atoms with Gasteiger partial charge < -0.3 is 4.57 Å². The van der Waals surface area contributed by atoms with Crippen LogP contribution in [0.3, 0.4) is 0 Å². The summed E-state index contributed by atoms with van der Waals surface area (Å²) in [5, 5.41) is 13.2. The monoisotopic (exact) mass is 742 g/mol. The first kappa shape index (κ1) is 30.9. The van der Waals surface area contributed by atoms with Gasteiger partial charge >= 0.3 is 0 Å². The highest BCUT2D eigenvalue weighted by Crippen LogP contribution is 2.43. The molecule has 0 aliphatic heterocycles. The van der Waals surface area contributed by atoms with Crippen LogP contribution in [0.1, 0.15) is 0 Å². The van der Waals surface area contributed by atoms with E-state index in [1.54, 1.807) is 0 Å². The first-order chi connectivity index (χ1) is 28.3. The van der Waals surface area contributed by atoms with Crippen molar-refractivity contribution in [3.05, 3.63) is 182 Å². The number of rotatable bonds is 3. The third-order valence-corrected chi connectivity index (χ3v) is 13.0. The fraction of sp³-hybridized carbons (Fsp3) is 0. The predicted molar refractivity (Wildman–Crippen MR) is 242 cm³/mol. The van der Waals surface area contributed by atoms with Crippen LogP contribution < -0.4 is 0 Å². The van der Waals surface area contributed by atoms with E-state index in [9.17, 15) is 0 Å². The molecule has 264 valence electrons. The molecule has 9 aromatic carbocycles. The lowest BCUT2D eigenvalue weighted by Gasteiger charge is -2.14. The molecule has 0 bridgehead atoms. The first-order valence-electron chi connectivity index (χ1n) is 19.3. The van der Waals surface area contributed by atoms with E-state index in [1.165, 1.54) is 68.9 Å². The Morgan fingerprint density at radius 1 is 0.368 bits per heavy atom. The zero-order valence-electron chi connectivity index (χ0n) is 30.5. The zero-order chi connectivity index (χ0) is 37.2. The Bertz CT molecular complexity index is 3830. The highest BCUT2D eigenvalue weighted by Gasteiger charge is 2.21. The molecule has 0 atom stereocenters. The second-order valence-electron chi connectivity index (χ2n) is 15.0. The highest BCUT2D eigenvalue weighted by molar-refractivity contribution is 7.25. The lowest BCUT2D eigenvalue weighted by molar-refractivity contribution is 1.01. The molecular weight excluding hydrogens is 713 g/mol. The zero-order valence-corrected chi connectivity index (χ0v) is 31.3. The van der Waals surface area contributed by atoms with E-state index in [0.29, 0.717) is 5.95 Å². The van der Waals surface area contributed by atoms with Crippen LogP contribution in [-0.2, 0) is 0 Å². The van der Waals surface area contributed by atoms with E-state index < -0.39 is 0 Å². The van der Waals surface area contributed by atoms with Crippen molar-refractivity contribution in [3.8, 4) is 22.9 Å². The minimum atomic E-state index is 0.663. The van der Waals surface area contributed by atoms with Crippen molar-refractivity contribution in [2.24, 2.45) is 0 Å². The molecule has 4 nitrogen and oxygen atoms in total. The molecule has 0 fully saturated rings. The summed E-state index contributed by atoms with van der Waals surface area (Å²) >= 11 is 1.83. The predicted octanol–water partition coefficient (Wildman–Crippen LogP) is 14.2. The van der Waals surface area contributed by atoms with Gasteiger partial charge in [-0.05, 0) is 76.8 Å². The maximum absolute atomic E-state index is 5.53. The third-order valence-electron chi connectivity index (χ3n) is 11.9. The van der Waals surface area contributed by atoms with Crippen LogP contribution in [0.15, 0.2) is 182 Å². The lowest BCUT2D eigenvalue weighted by atomic mass is 10.0. The molecule has 0 spiro atoms. The molecule has 5 heteroatoms. The number of thiophene rings is 1. The number of fused-ring (bicyclic) bond motifs is 12. The number of nitrogens with zero attached hydrogens (tertiary/aromatic N) is 4. The van der Waals surface area contributed by atoms with Gasteiger partial charge in [0.1, 0.15) is 0 Å². The van der Waals surface area contributed by atoms with E-state index in [1.807, 2.05) is 11.3 Å². The molecule has 57 heavy (non-hydrogen) atoms. The number of para-hydroxylation sites is 3. The van der Waals surface area contributed by atoms with Gasteiger partial charge in [-0.3, -0.25) is 4.57 Å². The third kappa shape index (κ3) is 4.37. The maximum atomic E-state index is 5.53. The average Bonchev–Trinajstić information content (AvgIpc) is 3.91. The van der Waals surface area contributed by atoms with Crippen molar-refractivity contribution in [3.63, 3.8) is 0 Å². The van der Waals surface area contributed by atoms with Gasteiger partial charge in [-0.15, -0.1) is 11.3 Å². The van der Waals surface area contributed by atoms with Gasteiger partial charge in [0.15, 0.2) is 0 Å². The van der Waals surface area contributed by atoms with E-state index in [0.717, 1.165) is 44.3 Å². The summed E-state index contributed by atoms with van der Waals surface area (Å²) in [5.41, 5.74) is 8.70. The molecule has 0 saturated carbocycles. The van der Waals surface area contributed by atoms with Gasteiger partial charge in [0, 0.05) is 58.1 Å². The second-order valence-corrected chi connectivity index (χ2v) is 16.0. The van der Waals surface area contributed by atoms with E-state index in [4.69, 9.17) is 9.97 Å². The summed E-state index contributed by atoms with van der Waals surface area (Å²) in [7, 11) is 0. The van der Waals surface area contributed by atoms with Crippen LogP contribution in [0.4, 0.5) is 0 Å². The minimum Gasteiger partial charge on any atom is -0.309 e. The van der Waals surface area contributed by atoms with Crippen LogP contribution in [0.2, 0.25) is 0 Å². The Labute approximate surface area is 330 Å². The SMILES string of the molecule is c1ccc2cc3c(cc2c1)c1ccccc1n3-c1cccc2cc3c(cc12)c1ccccc1n3-c1nc(-c2cccc3sc4ccccc4c23)c2ccccc2n1. The molecule has 0 radical (unpaired) electrons. The van der Waals surface area contributed by atoms with Crippen LogP contribution in [0.5, 0.6) is 0 Å². The quantitative estimate of drug-likeness (QED) is 0.181. The molecular formula is C52H30N4S. The van der Waals surface area contributed by atoms with Crippen molar-refractivity contribution in [1.29, 1.82) is 0 Å². The molecule has 4 aromatic heterocycles. The van der Waals surface area contributed by atoms with Crippen molar-refractivity contribution in [2.75, 3.05) is 0 Å². The van der Waals surface area contributed by atoms with Gasteiger partial charge in [0.2, 0.25) is 5.95 Å². The minimum absolute atomic E-state index is 0.663. The van der Waals surface area contributed by atoms with Crippen LogP contribution in [0, 0.1) is 0 Å². The average molecular weight is 743 g/mol. The van der Waals surface area contributed by atoms with Gasteiger partial charge in [0.25, 0.3) is 0 Å². The Balaban J connectivity index is 1.10. The molecule has 4 heterocycles. The maximum Gasteiger partial charge on any atom is 0.235 e. The summed E-state index contributed by atoms with van der Waals surface area (Å²) < 4.78 is 7.26.